The lowest BCUT2D eigenvalue weighted by atomic mass is 10.2. The molecule has 4 rings (SSSR count). The van der Waals surface area contributed by atoms with Crippen molar-refractivity contribution in [3.8, 4) is 28.6 Å². The van der Waals surface area contributed by atoms with Crippen LogP contribution in [-0.2, 0) is 17.8 Å². The van der Waals surface area contributed by atoms with Gasteiger partial charge in [-0.05, 0) is 36.2 Å². The van der Waals surface area contributed by atoms with Crippen molar-refractivity contribution in [3.63, 3.8) is 0 Å². The van der Waals surface area contributed by atoms with Crippen molar-refractivity contribution in [2.24, 2.45) is 0 Å². The molecule has 170 valence electrons. The lowest BCUT2D eigenvalue weighted by Gasteiger charge is -2.07. The lowest BCUT2D eigenvalue weighted by Crippen LogP contribution is -2.25. The number of carbonyl (C=O) groups is 1. The third kappa shape index (κ3) is 5.76. The van der Waals surface area contributed by atoms with Crippen molar-refractivity contribution in [2.45, 2.75) is 25.8 Å². The first kappa shape index (κ1) is 22.1. The maximum Gasteiger partial charge on any atom is 0.273 e. The molecule has 0 radical (unpaired) electrons. The molecule has 1 aliphatic rings. The average molecular weight is 448 g/mol. The fraction of sp³-hybridized carbons (Fsp3) is 0.250. The van der Waals surface area contributed by atoms with E-state index in [1.165, 1.54) is 0 Å². The van der Waals surface area contributed by atoms with Crippen LogP contribution in [0.2, 0.25) is 0 Å². The van der Waals surface area contributed by atoms with Crippen LogP contribution in [-0.4, -0.2) is 34.5 Å². The highest BCUT2D eigenvalue weighted by Gasteiger charge is 2.14. The molecule has 0 unspecified atom stereocenters. The molecule has 1 aromatic heterocycles. The topological polar surface area (TPSA) is 115 Å². The Hall–Kier alpha value is -4.14. The molecular weight excluding hydrogens is 424 g/mol. The number of hydrogen-bond acceptors (Lipinski definition) is 7. The summed E-state index contributed by atoms with van der Waals surface area (Å²) >= 11 is 0. The fourth-order valence-electron chi connectivity index (χ4n) is 3.22. The highest BCUT2D eigenvalue weighted by Crippen LogP contribution is 2.32. The molecule has 0 saturated heterocycles. The van der Waals surface area contributed by atoms with E-state index < -0.39 is 0 Å². The summed E-state index contributed by atoms with van der Waals surface area (Å²) in [7, 11) is 0. The van der Waals surface area contributed by atoms with Gasteiger partial charge in [0.05, 0.1) is 6.61 Å². The zero-order chi connectivity index (χ0) is 23.0. The summed E-state index contributed by atoms with van der Waals surface area (Å²) in [6, 6.07) is 12.7. The SMILES string of the molecule is C=CCCOc1cccc(-c2nnc(CCC(=O)NCc3ccc4c(c3)OCO4)c(=O)[nH]2)c1. The van der Waals surface area contributed by atoms with Gasteiger partial charge in [0.1, 0.15) is 11.4 Å². The molecule has 0 saturated carbocycles. The minimum atomic E-state index is -0.374. The summed E-state index contributed by atoms with van der Waals surface area (Å²) in [6.07, 6.45) is 2.82. The number of benzene rings is 2. The minimum absolute atomic E-state index is 0.119. The number of fused-ring (bicyclic) bond motifs is 1. The van der Waals surface area contributed by atoms with Crippen molar-refractivity contribution < 1.29 is 19.0 Å². The molecule has 0 atom stereocenters. The van der Waals surface area contributed by atoms with Gasteiger partial charge in [0.25, 0.3) is 5.56 Å². The number of rotatable bonds is 10. The lowest BCUT2D eigenvalue weighted by molar-refractivity contribution is -0.121. The predicted molar refractivity (Wildman–Crippen MR) is 121 cm³/mol. The van der Waals surface area contributed by atoms with Gasteiger partial charge in [0, 0.05) is 24.9 Å². The molecule has 0 fully saturated rings. The smallest absolute Gasteiger partial charge is 0.273 e. The van der Waals surface area contributed by atoms with E-state index in [2.05, 4.69) is 27.1 Å². The molecule has 0 aliphatic carbocycles. The quantitative estimate of drug-likeness (QED) is 0.362. The molecule has 9 nitrogen and oxygen atoms in total. The Balaban J connectivity index is 1.31. The van der Waals surface area contributed by atoms with Crippen LogP contribution >= 0.6 is 0 Å². The summed E-state index contributed by atoms with van der Waals surface area (Å²) in [6.45, 7) is 4.73. The van der Waals surface area contributed by atoms with Gasteiger partial charge in [-0.2, -0.15) is 0 Å². The zero-order valence-corrected chi connectivity index (χ0v) is 18.0. The van der Waals surface area contributed by atoms with Crippen LogP contribution in [0.5, 0.6) is 17.2 Å². The Bertz CT molecular complexity index is 1210. The maximum atomic E-state index is 12.5. The number of carbonyl (C=O) groups excluding carboxylic acids is 1. The number of amides is 1. The second-order valence-electron chi connectivity index (χ2n) is 7.37. The van der Waals surface area contributed by atoms with Crippen LogP contribution in [0.4, 0.5) is 0 Å². The summed E-state index contributed by atoms with van der Waals surface area (Å²) in [4.78, 5) is 27.4. The van der Waals surface area contributed by atoms with Crippen molar-refractivity contribution in [1.29, 1.82) is 0 Å². The standard InChI is InChI=1S/C24H24N4O5/c1-2-3-11-31-18-6-4-5-17(13-18)23-26-24(30)19(27-28-23)8-10-22(29)25-14-16-7-9-20-21(12-16)33-15-32-20/h2,4-7,9,12-13H,1,3,8,10-11,14-15H2,(H,25,29)(H,26,28,30). The Morgan fingerprint density at radius 2 is 2.06 bits per heavy atom. The van der Waals surface area contributed by atoms with Crippen molar-refractivity contribution >= 4 is 5.91 Å². The van der Waals surface area contributed by atoms with Crippen LogP contribution in [0.15, 0.2) is 59.9 Å². The number of ether oxygens (including phenoxy) is 3. The van der Waals surface area contributed by atoms with Gasteiger partial charge in [0.15, 0.2) is 17.3 Å². The molecule has 2 aromatic carbocycles. The number of H-pyrrole nitrogens is 1. The number of nitrogens with zero attached hydrogens (tertiary/aromatic N) is 2. The normalized spacial score (nSPS) is 11.8. The first-order chi connectivity index (χ1) is 16.1. The maximum absolute atomic E-state index is 12.5. The van der Waals surface area contributed by atoms with Gasteiger partial charge in [0.2, 0.25) is 12.7 Å². The largest absolute Gasteiger partial charge is 0.493 e. The van der Waals surface area contributed by atoms with Gasteiger partial charge >= 0.3 is 0 Å². The third-order valence-electron chi connectivity index (χ3n) is 4.98. The first-order valence-electron chi connectivity index (χ1n) is 10.6. The molecule has 1 aliphatic heterocycles. The highest BCUT2D eigenvalue weighted by atomic mass is 16.7. The minimum Gasteiger partial charge on any atom is -0.493 e. The van der Waals surface area contributed by atoms with E-state index in [4.69, 9.17) is 14.2 Å². The van der Waals surface area contributed by atoms with E-state index in [1.54, 1.807) is 12.1 Å². The number of nitrogens with one attached hydrogen (secondary N) is 2. The van der Waals surface area contributed by atoms with Gasteiger partial charge in [-0.25, -0.2) is 0 Å². The average Bonchev–Trinajstić information content (AvgIpc) is 3.30. The van der Waals surface area contributed by atoms with Crippen molar-refractivity contribution in [3.05, 3.63) is 76.7 Å². The molecule has 1 amide bonds. The van der Waals surface area contributed by atoms with Gasteiger partial charge in [-0.1, -0.05) is 24.3 Å². The highest BCUT2D eigenvalue weighted by molar-refractivity contribution is 5.76. The summed E-state index contributed by atoms with van der Waals surface area (Å²) in [5.41, 5.74) is 1.41. The number of aromatic nitrogens is 3. The molecule has 3 aromatic rings. The Morgan fingerprint density at radius 1 is 1.18 bits per heavy atom. The van der Waals surface area contributed by atoms with Crippen molar-refractivity contribution in [2.75, 3.05) is 13.4 Å². The second-order valence-corrected chi connectivity index (χ2v) is 7.37. The van der Waals surface area contributed by atoms with E-state index in [1.807, 2.05) is 36.4 Å². The summed E-state index contributed by atoms with van der Waals surface area (Å²) in [5.74, 6) is 2.17. The number of hydrogen-bond donors (Lipinski definition) is 2. The molecular formula is C24H24N4O5. The van der Waals surface area contributed by atoms with Gasteiger partial charge in [-0.15, -0.1) is 16.8 Å². The first-order valence-corrected chi connectivity index (χ1v) is 10.6. The van der Waals surface area contributed by atoms with Gasteiger partial charge < -0.3 is 24.5 Å². The van der Waals surface area contributed by atoms with E-state index in [0.717, 1.165) is 12.0 Å². The number of aryl methyl sites for hydroxylation is 1. The molecule has 2 heterocycles. The molecule has 2 N–H and O–H groups in total. The number of aromatic amines is 1. The van der Waals surface area contributed by atoms with Crippen molar-refractivity contribution in [1.82, 2.24) is 20.5 Å². The Labute approximate surface area is 190 Å². The van der Waals surface area contributed by atoms with Crippen LogP contribution in [0, 0.1) is 0 Å². The molecule has 33 heavy (non-hydrogen) atoms. The Kier molecular flexibility index (Phi) is 6.99. The van der Waals surface area contributed by atoms with Crippen LogP contribution in [0.3, 0.4) is 0 Å². The molecule has 0 bridgehead atoms. The predicted octanol–water partition coefficient (Wildman–Crippen LogP) is 2.76. The zero-order valence-electron chi connectivity index (χ0n) is 18.0. The summed E-state index contributed by atoms with van der Waals surface area (Å²) < 4.78 is 16.2. The van der Waals surface area contributed by atoms with E-state index in [-0.39, 0.29) is 36.8 Å². The van der Waals surface area contributed by atoms with Gasteiger partial charge in [-0.3, -0.25) is 9.59 Å². The van der Waals surface area contributed by atoms with E-state index in [9.17, 15) is 9.59 Å². The Morgan fingerprint density at radius 3 is 2.91 bits per heavy atom. The fourth-order valence-corrected chi connectivity index (χ4v) is 3.22. The van der Waals surface area contributed by atoms with Crippen LogP contribution in [0.25, 0.3) is 11.4 Å². The monoisotopic (exact) mass is 448 g/mol. The summed E-state index contributed by atoms with van der Waals surface area (Å²) in [5, 5.41) is 11.0. The molecule has 0 spiro atoms. The van der Waals surface area contributed by atoms with Crippen LogP contribution < -0.4 is 25.1 Å². The molecule has 9 heteroatoms. The third-order valence-corrected chi connectivity index (χ3v) is 4.98. The van der Waals surface area contributed by atoms with E-state index in [0.29, 0.717) is 41.8 Å². The van der Waals surface area contributed by atoms with E-state index >= 15 is 0 Å². The second kappa shape index (κ2) is 10.4. The van der Waals surface area contributed by atoms with Crippen LogP contribution in [0.1, 0.15) is 24.1 Å².